The highest BCUT2D eigenvalue weighted by molar-refractivity contribution is 9.10. The molecule has 1 aromatic heterocycles. The number of benzene rings is 2. The number of aromatic nitrogens is 2. The van der Waals surface area contributed by atoms with Crippen LogP contribution in [0.5, 0.6) is 11.5 Å². The van der Waals surface area contributed by atoms with Gasteiger partial charge in [0.2, 0.25) is 5.91 Å². The number of hydrogen-bond donors (Lipinski definition) is 2. The third kappa shape index (κ3) is 4.34. The molecule has 0 aliphatic carbocycles. The van der Waals surface area contributed by atoms with Crippen LogP contribution in [0, 0.1) is 0 Å². The molecular formula is C20H18BrN3O3S. The highest BCUT2D eigenvalue weighted by Crippen LogP contribution is 2.33. The standard InChI is InChI=1S/C20H18BrN3O3S/c1-12(19(25)23-15-6-7-17-18(10-15)27-9-8-26-17)28-20-22-11-16(24-20)13-2-4-14(21)5-3-13/h2-7,10-12H,8-9H2,1H3,(H,22,24)(H,23,25)/t12-/m0/s1. The molecule has 0 radical (unpaired) electrons. The lowest BCUT2D eigenvalue weighted by Crippen LogP contribution is -2.23. The van der Waals surface area contributed by atoms with Crippen LogP contribution in [0.1, 0.15) is 6.92 Å². The number of anilines is 1. The topological polar surface area (TPSA) is 76.2 Å². The Hall–Kier alpha value is -2.45. The summed E-state index contributed by atoms with van der Waals surface area (Å²) in [6.07, 6.45) is 1.77. The van der Waals surface area contributed by atoms with Crippen molar-refractivity contribution in [1.82, 2.24) is 9.97 Å². The van der Waals surface area contributed by atoms with Crippen LogP contribution >= 0.6 is 27.7 Å². The Balaban J connectivity index is 1.39. The van der Waals surface area contributed by atoms with E-state index in [-0.39, 0.29) is 11.2 Å². The third-order valence-electron chi connectivity index (χ3n) is 4.18. The number of ether oxygens (including phenoxy) is 2. The zero-order chi connectivity index (χ0) is 19.5. The maximum atomic E-state index is 12.5. The number of carbonyl (C=O) groups is 1. The van der Waals surface area contributed by atoms with Crippen molar-refractivity contribution in [2.75, 3.05) is 18.5 Å². The van der Waals surface area contributed by atoms with E-state index in [0.29, 0.717) is 35.6 Å². The van der Waals surface area contributed by atoms with Crippen LogP contribution in [0.25, 0.3) is 11.3 Å². The molecule has 28 heavy (non-hydrogen) atoms. The summed E-state index contributed by atoms with van der Waals surface area (Å²) in [4.78, 5) is 20.2. The number of carbonyl (C=O) groups excluding carboxylic acids is 1. The van der Waals surface area contributed by atoms with E-state index >= 15 is 0 Å². The fourth-order valence-corrected chi connectivity index (χ4v) is 3.77. The fraction of sp³-hybridized carbons (Fsp3) is 0.200. The highest BCUT2D eigenvalue weighted by atomic mass is 79.9. The largest absolute Gasteiger partial charge is 0.486 e. The maximum Gasteiger partial charge on any atom is 0.237 e. The molecule has 0 fully saturated rings. The number of H-pyrrole nitrogens is 1. The van der Waals surface area contributed by atoms with Gasteiger partial charge in [0.1, 0.15) is 13.2 Å². The first-order valence-electron chi connectivity index (χ1n) is 8.76. The minimum atomic E-state index is -0.322. The molecule has 1 amide bonds. The molecule has 0 saturated heterocycles. The number of thioether (sulfide) groups is 1. The summed E-state index contributed by atoms with van der Waals surface area (Å²) in [6, 6.07) is 13.4. The Kier molecular flexibility index (Phi) is 5.59. The quantitative estimate of drug-likeness (QED) is 0.539. The number of nitrogens with zero attached hydrogens (tertiary/aromatic N) is 1. The minimum absolute atomic E-state index is 0.108. The lowest BCUT2D eigenvalue weighted by Gasteiger charge is -2.19. The number of fused-ring (bicyclic) bond motifs is 1. The first kappa shape index (κ1) is 18.9. The van der Waals surface area contributed by atoms with Gasteiger partial charge in [0, 0.05) is 16.2 Å². The zero-order valence-corrected chi connectivity index (χ0v) is 17.5. The van der Waals surface area contributed by atoms with Gasteiger partial charge in [-0.3, -0.25) is 4.79 Å². The first-order chi connectivity index (χ1) is 13.6. The summed E-state index contributed by atoms with van der Waals surface area (Å²) in [5.41, 5.74) is 2.63. The lowest BCUT2D eigenvalue weighted by molar-refractivity contribution is -0.115. The molecule has 6 nitrogen and oxygen atoms in total. The van der Waals surface area contributed by atoms with Crippen LogP contribution in [0.4, 0.5) is 5.69 Å². The molecule has 0 bridgehead atoms. The Morgan fingerprint density at radius 1 is 1.18 bits per heavy atom. The van der Waals surface area contributed by atoms with Crippen LogP contribution in [0.2, 0.25) is 0 Å². The maximum absolute atomic E-state index is 12.5. The summed E-state index contributed by atoms with van der Waals surface area (Å²) in [6.45, 7) is 2.90. The van der Waals surface area contributed by atoms with Crippen molar-refractivity contribution in [2.45, 2.75) is 17.3 Å². The summed E-state index contributed by atoms with van der Waals surface area (Å²) >= 11 is 4.80. The summed E-state index contributed by atoms with van der Waals surface area (Å²) in [5, 5.41) is 3.29. The Labute approximate surface area is 175 Å². The summed E-state index contributed by atoms with van der Waals surface area (Å²) in [5.74, 6) is 1.24. The molecule has 1 atom stereocenters. The van der Waals surface area contributed by atoms with Gasteiger partial charge < -0.3 is 19.8 Å². The second-order valence-corrected chi connectivity index (χ2v) is 8.46. The zero-order valence-electron chi connectivity index (χ0n) is 15.1. The molecule has 0 unspecified atom stereocenters. The molecule has 0 spiro atoms. The molecule has 2 N–H and O–H groups in total. The van der Waals surface area contributed by atoms with E-state index in [2.05, 4.69) is 31.2 Å². The Bertz CT molecular complexity index is 991. The van der Waals surface area contributed by atoms with Crippen molar-refractivity contribution in [3.63, 3.8) is 0 Å². The molecule has 8 heteroatoms. The third-order valence-corrected chi connectivity index (χ3v) is 5.70. The molecule has 144 valence electrons. The number of nitrogens with one attached hydrogen (secondary N) is 2. The van der Waals surface area contributed by atoms with Crippen molar-refractivity contribution in [3.05, 3.63) is 53.1 Å². The van der Waals surface area contributed by atoms with Crippen LogP contribution < -0.4 is 14.8 Å². The van der Waals surface area contributed by atoms with Gasteiger partial charge in [0.25, 0.3) is 0 Å². The fourth-order valence-electron chi connectivity index (χ4n) is 2.72. The molecule has 4 rings (SSSR count). The molecular weight excluding hydrogens is 442 g/mol. The van der Waals surface area contributed by atoms with E-state index in [1.54, 1.807) is 24.4 Å². The van der Waals surface area contributed by atoms with E-state index in [0.717, 1.165) is 15.7 Å². The van der Waals surface area contributed by atoms with Crippen LogP contribution in [0.15, 0.2) is 58.3 Å². The van der Waals surface area contributed by atoms with E-state index in [1.165, 1.54) is 11.8 Å². The van der Waals surface area contributed by atoms with Crippen LogP contribution in [-0.2, 0) is 4.79 Å². The van der Waals surface area contributed by atoms with Gasteiger partial charge in [-0.2, -0.15) is 0 Å². The average Bonchev–Trinajstić information content (AvgIpc) is 3.17. The molecule has 1 aliphatic rings. The van der Waals surface area contributed by atoms with Crippen molar-refractivity contribution in [1.29, 1.82) is 0 Å². The van der Waals surface area contributed by atoms with Gasteiger partial charge in [-0.05, 0) is 36.8 Å². The number of aromatic amines is 1. The van der Waals surface area contributed by atoms with Crippen molar-refractivity contribution < 1.29 is 14.3 Å². The average molecular weight is 460 g/mol. The Morgan fingerprint density at radius 3 is 2.71 bits per heavy atom. The van der Waals surface area contributed by atoms with Gasteiger partial charge in [-0.25, -0.2) is 4.98 Å². The van der Waals surface area contributed by atoms with E-state index in [9.17, 15) is 4.79 Å². The molecule has 0 saturated carbocycles. The van der Waals surface area contributed by atoms with Crippen molar-refractivity contribution in [3.8, 4) is 22.8 Å². The SMILES string of the molecule is C[C@H](Sc1ncc(-c2ccc(Br)cc2)[nH]1)C(=O)Nc1ccc2c(c1)OCCO2. The first-order valence-corrected chi connectivity index (χ1v) is 10.4. The number of halogens is 1. The van der Waals surface area contributed by atoms with Gasteiger partial charge in [0.05, 0.1) is 17.1 Å². The van der Waals surface area contributed by atoms with Gasteiger partial charge in [-0.1, -0.05) is 39.8 Å². The van der Waals surface area contributed by atoms with Gasteiger partial charge >= 0.3 is 0 Å². The van der Waals surface area contributed by atoms with Gasteiger partial charge in [0.15, 0.2) is 16.7 Å². The minimum Gasteiger partial charge on any atom is -0.486 e. The lowest BCUT2D eigenvalue weighted by atomic mass is 10.2. The van der Waals surface area contributed by atoms with E-state index in [1.807, 2.05) is 31.2 Å². The smallest absolute Gasteiger partial charge is 0.237 e. The van der Waals surface area contributed by atoms with E-state index < -0.39 is 0 Å². The summed E-state index contributed by atoms with van der Waals surface area (Å²) in [7, 11) is 0. The normalized spacial score (nSPS) is 13.8. The van der Waals surface area contributed by atoms with Crippen molar-refractivity contribution >= 4 is 39.3 Å². The summed E-state index contributed by atoms with van der Waals surface area (Å²) < 4.78 is 12.1. The van der Waals surface area contributed by atoms with Gasteiger partial charge in [-0.15, -0.1) is 0 Å². The predicted molar refractivity (Wildman–Crippen MR) is 113 cm³/mol. The molecule has 2 aromatic carbocycles. The van der Waals surface area contributed by atoms with Crippen LogP contribution in [0.3, 0.4) is 0 Å². The number of imidazole rings is 1. The number of amides is 1. The highest BCUT2D eigenvalue weighted by Gasteiger charge is 2.18. The molecule has 2 heterocycles. The Morgan fingerprint density at radius 2 is 1.93 bits per heavy atom. The second kappa shape index (κ2) is 8.28. The van der Waals surface area contributed by atoms with Crippen molar-refractivity contribution in [2.24, 2.45) is 0 Å². The second-order valence-electron chi connectivity index (χ2n) is 6.22. The van der Waals surface area contributed by atoms with E-state index in [4.69, 9.17) is 9.47 Å². The molecule has 3 aromatic rings. The predicted octanol–water partition coefficient (Wildman–Crippen LogP) is 4.73. The monoisotopic (exact) mass is 459 g/mol. The number of rotatable bonds is 5. The number of hydrogen-bond acceptors (Lipinski definition) is 5. The van der Waals surface area contributed by atoms with Crippen LogP contribution in [-0.4, -0.2) is 34.3 Å². The molecule has 1 aliphatic heterocycles.